The van der Waals surface area contributed by atoms with Crippen molar-refractivity contribution >= 4 is 30.7 Å². The summed E-state index contributed by atoms with van der Waals surface area (Å²) in [4.78, 5) is 17.1. The van der Waals surface area contributed by atoms with Gasteiger partial charge in [0, 0.05) is 57.4 Å². The molecule has 2 saturated heterocycles. The van der Waals surface area contributed by atoms with Gasteiger partial charge in [0.1, 0.15) is 0 Å². The minimum atomic E-state index is -5.03. The maximum absolute atomic E-state index is 13.5. The van der Waals surface area contributed by atoms with Crippen LogP contribution in [0, 0.1) is 13.8 Å². The van der Waals surface area contributed by atoms with Gasteiger partial charge in [-0.15, -0.1) is 24.8 Å². The maximum atomic E-state index is 13.5. The van der Waals surface area contributed by atoms with Crippen molar-refractivity contribution in [1.29, 1.82) is 0 Å². The zero-order valence-corrected chi connectivity index (χ0v) is 25.0. The number of rotatable bonds is 7. The van der Waals surface area contributed by atoms with Gasteiger partial charge >= 0.3 is 12.4 Å². The third-order valence-electron chi connectivity index (χ3n) is 7.48. The van der Waals surface area contributed by atoms with E-state index >= 15 is 0 Å². The number of morpholine rings is 1. The van der Waals surface area contributed by atoms with Crippen LogP contribution in [-0.4, -0.2) is 85.8 Å². The lowest BCUT2D eigenvalue weighted by atomic mass is 9.97. The summed E-state index contributed by atoms with van der Waals surface area (Å²) in [6.07, 6.45) is -9.63. The molecule has 2 aromatic rings. The number of piperazine rings is 1. The van der Waals surface area contributed by atoms with Crippen LogP contribution in [0.4, 0.5) is 26.3 Å². The van der Waals surface area contributed by atoms with Gasteiger partial charge in [-0.1, -0.05) is 18.2 Å². The number of ether oxygens (including phenoxy) is 1. The third-order valence-corrected chi connectivity index (χ3v) is 7.48. The number of halogens is 8. The molecule has 0 bridgehead atoms. The Bertz CT molecular complexity index is 1160. The van der Waals surface area contributed by atoms with Crippen LogP contribution in [0.1, 0.15) is 38.2 Å². The number of carbonyl (C=O) groups is 1. The van der Waals surface area contributed by atoms with Crippen molar-refractivity contribution < 1.29 is 35.9 Å². The minimum absolute atomic E-state index is 0. The molecule has 2 aromatic carbocycles. The molecule has 2 heterocycles. The Morgan fingerprint density at radius 1 is 0.881 bits per heavy atom. The standard InChI is InChI=1S/C28H34F6N4O2.2ClH/c1-19-3-4-21(13-20(19)2)14-25-18-36(6-5-35-37-9-11-40-12-10-37)7-8-38(25)26(39)22-15-23(27(29,30)31)17-24(16-22)28(32,33)34;;/h3-4,13,15-17,25,35H,5-12,14,18H2,1-2H3;2*1H. The second-order valence-corrected chi connectivity index (χ2v) is 10.4. The van der Waals surface area contributed by atoms with Crippen LogP contribution in [0.25, 0.3) is 0 Å². The zero-order chi connectivity index (χ0) is 29.1. The molecule has 14 heteroatoms. The van der Waals surface area contributed by atoms with Crippen LogP contribution in [-0.2, 0) is 23.5 Å². The van der Waals surface area contributed by atoms with Gasteiger partial charge < -0.3 is 9.64 Å². The lowest BCUT2D eigenvalue weighted by Crippen LogP contribution is -2.57. The van der Waals surface area contributed by atoms with Crippen molar-refractivity contribution in [3.05, 3.63) is 69.8 Å². The van der Waals surface area contributed by atoms with E-state index in [9.17, 15) is 31.1 Å². The number of hydrogen-bond acceptors (Lipinski definition) is 5. The fraction of sp³-hybridized carbons (Fsp3) is 0.536. The summed E-state index contributed by atoms with van der Waals surface area (Å²) in [6.45, 7) is 9.19. The third kappa shape index (κ3) is 9.45. The van der Waals surface area contributed by atoms with Crippen LogP contribution in [0.15, 0.2) is 36.4 Å². The second-order valence-electron chi connectivity index (χ2n) is 10.4. The molecule has 2 aliphatic heterocycles. The van der Waals surface area contributed by atoms with Crippen molar-refractivity contribution in [2.45, 2.75) is 38.7 Å². The van der Waals surface area contributed by atoms with Crippen molar-refractivity contribution in [3.8, 4) is 0 Å². The van der Waals surface area contributed by atoms with Gasteiger partial charge in [-0.05, 0) is 55.2 Å². The molecule has 1 N–H and O–H groups in total. The molecule has 0 spiro atoms. The molecule has 2 aliphatic rings. The Morgan fingerprint density at radius 2 is 1.50 bits per heavy atom. The molecule has 0 radical (unpaired) electrons. The van der Waals surface area contributed by atoms with E-state index in [1.807, 2.05) is 32.0 Å². The molecular formula is C28H36Cl2F6N4O2. The van der Waals surface area contributed by atoms with Gasteiger partial charge in [-0.25, -0.2) is 5.01 Å². The topological polar surface area (TPSA) is 48.0 Å². The van der Waals surface area contributed by atoms with E-state index in [1.165, 1.54) is 4.90 Å². The highest BCUT2D eigenvalue weighted by atomic mass is 35.5. The molecule has 0 aliphatic carbocycles. The molecule has 0 aromatic heterocycles. The molecule has 236 valence electrons. The van der Waals surface area contributed by atoms with Crippen molar-refractivity contribution in [2.24, 2.45) is 0 Å². The molecule has 1 amide bonds. The number of aryl methyl sites for hydroxylation is 2. The first kappa shape index (κ1) is 36.1. The van der Waals surface area contributed by atoms with E-state index in [1.54, 1.807) is 0 Å². The normalized spacial score (nSPS) is 18.8. The van der Waals surface area contributed by atoms with Crippen LogP contribution in [0.3, 0.4) is 0 Å². The molecule has 4 rings (SSSR count). The Hall–Kier alpha value is -2.09. The average Bonchev–Trinajstić information content (AvgIpc) is 2.90. The number of benzene rings is 2. The first-order chi connectivity index (χ1) is 18.8. The van der Waals surface area contributed by atoms with Crippen molar-refractivity contribution in [3.63, 3.8) is 0 Å². The Kier molecular flexibility index (Phi) is 13.0. The smallest absolute Gasteiger partial charge is 0.379 e. The summed E-state index contributed by atoms with van der Waals surface area (Å²) in [5.41, 5.74) is 2.86. The Balaban J connectivity index is 0.00000308. The number of alkyl halides is 6. The fourth-order valence-electron chi connectivity index (χ4n) is 5.10. The monoisotopic (exact) mass is 644 g/mol. The highest BCUT2D eigenvalue weighted by Crippen LogP contribution is 2.37. The summed E-state index contributed by atoms with van der Waals surface area (Å²) in [5, 5.41) is 2.09. The number of hydrogen-bond donors (Lipinski definition) is 1. The SMILES string of the molecule is Cc1ccc(CC2CN(CCNN3CCOCC3)CCN2C(=O)c2cc(C(F)(F)F)cc(C(F)(F)F)c2)cc1C.Cl.Cl. The summed E-state index contributed by atoms with van der Waals surface area (Å²) in [7, 11) is 0. The first-order valence-corrected chi connectivity index (χ1v) is 13.3. The van der Waals surface area contributed by atoms with E-state index < -0.39 is 41.0 Å². The van der Waals surface area contributed by atoms with Crippen LogP contribution >= 0.6 is 24.8 Å². The van der Waals surface area contributed by atoms with Crippen LogP contribution in [0.2, 0.25) is 0 Å². The van der Waals surface area contributed by atoms with Gasteiger partial charge in [0.05, 0.1) is 24.3 Å². The van der Waals surface area contributed by atoms with Crippen molar-refractivity contribution in [1.82, 2.24) is 20.2 Å². The lowest BCUT2D eigenvalue weighted by molar-refractivity contribution is -0.143. The van der Waals surface area contributed by atoms with E-state index in [0.717, 1.165) is 29.8 Å². The second kappa shape index (κ2) is 15.1. The minimum Gasteiger partial charge on any atom is -0.379 e. The largest absolute Gasteiger partial charge is 0.416 e. The Labute approximate surface area is 254 Å². The Morgan fingerprint density at radius 3 is 2.07 bits per heavy atom. The molecule has 6 nitrogen and oxygen atoms in total. The van der Waals surface area contributed by atoms with Gasteiger partial charge in [0.2, 0.25) is 0 Å². The number of hydrazine groups is 1. The lowest BCUT2D eigenvalue weighted by Gasteiger charge is -2.42. The predicted molar refractivity (Wildman–Crippen MR) is 152 cm³/mol. The number of nitrogens with one attached hydrogen (secondary N) is 1. The molecule has 1 unspecified atom stereocenters. The molecule has 2 fully saturated rings. The number of carbonyl (C=O) groups excluding carboxylic acids is 1. The van der Waals surface area contributed by atoms with E-state index in [2.05, 4.69) is 15.3 Å². The van der Waals surface area contributed by atoms with E-state index in [4.69, 9.17) is 4.74 Å². The van der Waals surface area contributed by atoms with Crippen molar-refractivity contribution in [2.75, 3.05) is 59.0 Å². The van der Waals surface area contributed by atoms with E-state index in [-0.39, 0.29) is 37.4 Å². The summed E-state index contributed by atoms with van der Waals surface area (Å²) in [5.74, 6) is -0.837. The van der Waals surface area contributed by atoms with Gasteiger partial charge in [-0.2, -0.15) is 26.3 Å². The molecule has 42 heavy (non-hydrogen) atoms. The summed E-state index contributed by atoms with van der Waals surface area (Å²) >= 11 is 0. The maximum Gasteiger partial charge on any atom is 0.416 e. The fourth-order valence-corrected chi connectivity index (χ4v) is 5.10. The summed E-state index contributed by atoms with van der Waals surface area (Å²) in [6, 6.07) is 6.55. The highest BCUT2D eigenvalue weighted by Gasteiger charge is 2.39. The first-order valence-electron chi connectivity index (χ1n) is 13.3. The van der Waals surface area contributed by atoms with Gasteiger partial charge in [-0.3, -0.25) is 15.1 Å². The zero-order valence-electron chi connectivity index (χ0n) is 23.4. The summed E-state index contributed by atoms with van der Waals surface area (Å²) < 4.78 is 86.1. The highest BCUT2D eigenvalue weighted by molar-refractivity contribution is 5.95. The van der Waals surface area contributed by atoms with Gasteiger partial charge in [0.15, 0.2) is 0 Å². The van der Waals surface area contributed by atoms with Crippen LogP contribution < -0.4 is 5.43 Å². The average molecular weight is 646 g/mol. The van der Waals surface area contributed by atoms with Gasteiger partial charge in [0.25, 0.3) is 5.91 Å². The van der Waals surface area contributed by atoms with Crippen LogP contribution in [0.5, 0.6) is 0 Å². The molecular weight excluding hydrogens is 609 g/mol. The van der Waals surface area contributed by atoms with E-state index in [0.29, 0.717) is 57.9 Å². The molecule has 0 saturated carbocycles. The number of nitrogens with zero attached hydrogens (tertiary/aromatic N) is 3. The molecule has 1 atom stereocenters. The number of amides is 1. The quantitative estimate of drug-likeness (QED) is 0.410. The predicted octanol–water partition coefficient (Wildman–Crippen LogP) is 5.39.